The van der Waals surface area contributed by atoms with E-state index >= 15 is 0 Å². The summed E-state index contributed by atoms with van der Waals surface area (Å²) in [7, 11) is 0. The molecular formula is C12H17NO4. The van der Waals surface area contributed by atoms with Crippen molar-refractivity contribution in [2.75, 3.05) is 32.9 Å². The summed E-state index contributed by atoms with van der Waals surface area (Å²) in [6.07, 6.45) is 0. The highest BCUT2D eigenvalue weighted by Crippen LogP contribution is 2.07. The summed E-state index contributed by atoms with van der Waals surface area (Å²) < 4.78 is 10.2. The van der Waals surface area contributed by atoms with Gasteiger partial charge in [0.25, 0.3) is 0 Å². The van der Waals surface area contributed by atoms with Gasteiger partial charge in [-0.3, -0.25) is 4.79 Å². The van der Waals surface area contributed by atoms with E-state index in [2.05, 4.69) is 5.32 Å². The molecule has 0 spiro atoms. The second kappa shape index (κ2) is 8.55. The van der Waals surface area contributed by atoms with Crippen LogP contribution in [0.5, 0.6) is 5.75 Å². The molecular weight excluding hydrogens is 222 g/mol. The van der Waals surface area contributed by atoms with E-state index in [4.69, 9.17) is 14.6 Å². The third-order valence-corrected chi connectivity index (χ3v) is 1.92. The van der Waals surface area contributed by atoms with Gasteiger partial charge >= 0.3 is 5.97 Å². The largest absolute Gasteiger partial charge is 0.490 e. The van der Waals surface area contributed by atoms with Crippen molar-refractivity contribution in [3.8, 4) is 5.75 Å². The Hall–Kier alpha value is -1.59. The molecule has 17 heavy (non-hydrogen) atoms. The molecule has 94 valence electrons. The Kier molecular flexibility index (Phi) is 6.78. The molecule has 5 heteroatoms. The van der Waals surface area contributed by atoms with Gasteiger partial charge < -0.3 is 19.9 Å². The van der Waals surface area contributed by atoms with Crippen LogP contribution in [0, 0.1) is 0 Å². The molecule has 0 bridgehead atoms. The lowest BCUT2D eigenvalue weighted by Crippen LogP contribution is -2.28. The summed E-state index contributed by atoms with van der Waals surface area (Å²) in [5.74, 6) is 0.400. The molecule has 0 aliphatic carbocycles. The second-order valence-corrected chi connectivity index (χ2v) is 3.28. The summed E-state index contributed by atoms with van der Waals surface area (Å²) in [4.78, 5) is 11.1. The van der Waals surface area contributed by atoms with E-state index in [9.17, 15) is 4.79 Å². The first-order valence-electron chi connectivity index (χ1n) is 5.48. The first kappa shape index (κ1) is 13.5. The van der Waals surface area contributed by atoms with Crippen LogP contribution in [0.2, 0.25) is 0 Å². The molecule has 1 aromatic carbocycles. The van der Waals surface area contributed by atoms with Gasteiger partial charge in [0, 0.05) is 6.54 Å². The fourth-order valence-corrected chi connectivity index (χ4v) is 1.15. The van der Waals surface area contributed by atoms with Crippen LogP contribution in [-0.2, 0) is 9.53 Å². The number of ether oxygens (including phenoxy) is 2. The summed E-state index contributed by atoms with van der Waals surface area (Å²) in [6.45, 7) is 1.04. The number of carbonyl (C=O) groups is 1. The third kappa shape index (κ3) is 6.55. The van der Waals surface area contributed by atoms with Gasteiger partial charge in [-0.15, -0.1) is 0 Å². The normalized spacial score (nSPS) is 9.94. The van der Waals surface area contributed by atoms with Gasteiger partial charge in [-0.25, -0.2) is 0 Å². The maximum Gasteiger partial charge on any atom is 0.320 e. The van der Waals surface area contributed by atoms with E-state index in [0.29, 0.717) is 13.2 Å². The molecule has 0 aliphatic rings. The Morgan fingerprint density at radius 1 is 1.24 bits per heavy atom. The van der Waals surface area contributed by atoms with Crippen molar-refractivity contribution in [3.63, 3.8) is 0 Å². The SMILES string of the molecule is O=C(CNCCO)OCCOc1ccccc1. The van der Waals surface area contributed by atoms with Crippen LogP contribution in [0.15, 0.2) is 30.3 Å². The van der Waals surface area contributed by atoms with E-state index in [1.54, 1.807) is 0 Å². The first-order valence-corrected chi connectivity index (χ1v) is 5.48. The van der Waals surface area contributed by atoms with Crippen molar-refractivity contribution in [1.82, 2.24) is 5.32 Å². The highest BCUT2D eigenvalue weighted by molar-refractivity contribution is 5.71. The van der Waals surface area contributed by atoms with Crippen LogP contribution in [-0.4, -0.2) is 44.0 Å². The summed E-state index contributed by atoms with van der Waals surface area (Å²) in [5, 5.41) is 11.2. The Bertz CT molecular complexity index is 316. The van der Waals surface area contributed by atoms with Crippen LogP contribution in [0.25, 0.3) is 0 Å². The number of nitrogens with one attached hydrogen (secondary N) is 1. The second-order valence-electron chi connectivity index (χ2n) is 3.28. The minimum absolute atomic E-state index is 0.00436. The molecule has 1 rings (SSSR count). The van der Waals surface area contributed by atoms with E-state index < -0.39 is 0 Å². The fourth-order valence-electron chi connectivity index (χ4n) is 1.15. The van der Waals surface area contributed by atoms with E-state index in [0.717, 1.165) is 5.75 Å². The number of rotatable bonds is 8. The van der Waals surface area contributed by atoms with Crippen molar-refractivity contribution < 1.29 is 19.4 Å². The minimum Gasteiger partial charge on any atom is -0.490 e. The molecule has 1 aromatic rings. The van der Waals surface area contributed by atoms with Crippen LogP contribution in [0.4, 0.5) is 0 Å². The van der Waals surface area contributed by atoms with Gasteiger partial charge in [-0.2, -0.15) is 0 Å². The van der Waals surface area contributed by atoms with Crippen LogP contribution < -0.4 is 10.1 Å². The van der Waals surface area contributed by atoms with Gasteiger partial charge in [-0.05, 0) is 12.1 Å². The maximum absolute atomic E-state index is 11.1. The average molecular weight is 239 g/mol. The standard InChI is InChI=1S/C12H17NO4/c14-7-6-13-10-12(15)17-9-8-16-11-4-2-1-3-5-11/h1-5,13-14H,6-10H2. The Morgan fingerprint density at radius 2 is 2.00 bits per heavy atom. The lowest BCUT2D eigenvalue weighted by Gasteiger charge is -2.07. The zero-order valence-corrected chi connectivity index (χ0v) is 9.59. The van der Waals surface area contributed by atoms with Gasteiger partial charge in [0.15, 0.2) is 0 Å². The molecule has 0 fully saturated rings. The summed E-state index contributed by atoms with van der Waals surface area (Å²) in [5.41, 5.74) is 0. The van der Waals surface area contributed by atoms with Crippen molar-refractivity contribution in [1.29, 1.82) is 0 Å². The first-order chi connectivity index (χ1) is 8.33. The molecule has 0 heterocycles. The lowest BCUT2D eigenvalue weighted by atomic mass is 10.3. The zero-order valence-electron chi connectivity index (χ0n) is 9.59. The Balaban J connectivity index is 2.02. The predicted molar refractivity (Wildman–Crippen MR) is 62.9 cm³/mol. The predicted octanol–water partition coefficient (Wildman–Crippen LogP) is 0.190. The summed E-state index contributed by atoms with van der Waals surface area (Å²) >= 11 is 0. The molecule has 0 aliphatic heterocycles. The van der Waals surface area contributed by atoms with E-state index in [1.807, 2.05) is 30.3 Å². The molecule has 0 radical (unpaired) electrons. The molecule has 0 aromatic heterocycles. The van der Waals surface area contributed by atoms with Crippen molar-refractivity contribution in [2.24, 2.45) is 0 Å². The number of hydrogen-bond donors (Lipinski definition) is 2. The molecule has 0 saturated carbocycles. The van der Waals surface area contributed by atoms with E-state index in [1.165, 1.54) is 0 Å². The number of aliphatic hydroxyl groups excluding tert-OH is 1. The molecule has 0 saturated heterocycles. The number of hydrogen-bond acceptors (Lipinski definition) is 5. The van der Waals surface area contributed by atoms with Crippen LogP contribution >= 0.6 is 0 Å². The van der Waals surface area contributed by atoms with Gasteiger partial charge in [-0.1, -0.05) is 18.2 Å². The highest BCUT2D eigenvalue weighted by Gasteiger charge is 2.01. The molecule has 2 N–H and O–H groups in total. The van der Waals surface area contributed by atoms with Crippen molar-refractivity contribution in [2.45, 2.75) is 0 Å². The van der Waals surface area contributed by atoms with Crippen molar-refractivity contribution in [3.05, 3.63) is 30.3 Å². The molecule has 0 unspecified atom stereocenters. The number of esters is 1. The van der Waals surface area contributed by atoms with Gasteiger partial charge in [0.1, 0.15) is 19.0 Å². The minimum atomic E-state index is -0.352. The average Bonchev–Trinajstić information content (AvgIpc) is 2.36. The van der Waals surface area contributed by atoms with E-state index in [-0.39, 0.29) is 25.7 Å². The Morgan fingerprint density at radius 3 is 2.71 bits per heavy atom. The number of benzene rings is 1. The number of carbonyl (C=O) groups excluding carboxylic acids is 1. The number of para-hydroxylation sites is 1. The lowest BCUT2D eigenvalue weighted by molar-refractivity contribution is -0.143. The van der Waals surface area contributed by atoms with Crippen molar-refractivity contribution >= 4 is 5.97 Å². The molecule has 0 atom stereocenters. The topological polar surface area (TPSA) is 67.8 Å². The third-order valence-electron chi connectivity index (χ3n) is 1.92. The zero-order chi connectivity index (χ0) is 12.3. The molecule has 0 amide bonds. The quantitative estimate of drug-likeness (QED) is 0.501. The fraction of sp³-hybridized carbons (Fsp3) is 0.417. The van der Waals surface area contributed by atoms with Gasteiger partial charge in [0.2, 0.25) is 0 Å². The Labute approximate surface area is 100 Å². The summed E-state index contributed by atoms with van der Waals surface area (Å²) in [6, 6.07) is 9.33. The van der Waals surface area contributed by atoms with Crippen LogP contribution in [0.1, 0.15) is 0 Å². The van der Waals surface area contributed by atoms with Crippen LogP contribution in [0.3, 0.4) is 0 Å². The molecule has 5 nitrogen and oxygen atoms in total. The van der Waals surface area contributed by atoms with Gasteiger partial charge in [0.05, 0.1) is 13.2 Å². The number of aliphatic hydroxyl groups is 1. The smallest absolute Gasteiger partial charge is 0.320 e. The monoisotopic (exact) mass is 239 g/mol. The highest BCUT2D eigenvalue weighted by atomic mass is 16.6. The maximum atomic E-state index is 11.1.